The van der Waals surface area contributed by atoms with Crippen LogP contribution in [0, 0.1) is 12.7 Å². The van der Waals surface area contributed by atoms with Gasteiger partial charge in [0.1, 0.15) is 22.9 Å². The molecule has 0 heterocycles. The van der Waals surface area contributed by atoms with E-state index in [2.05, 4.69) is 4.74 Å². The molecular weight excluding hydrogens is 275 g/mol. The number of aromatic hydroxyl groups is 1. The zero-order valence-corrected chi connectivity index (χ0v) is 11.9. The largest absolute Gasteiger partial charge is 0.507 e. The minimum absolute atomic E-state index is 0.0307. The molecule has 0 radical (unpaired) electrons. The summed E-state index contributed by atoms with van der Waals surface area (Å²) in [5.41, 5.74) is 0.347. The quantitative estimate of drug-likeness (QED) is 0.881. The number of phenols is 1. The predicted molar refractivity (Wildman–Crippen MR) is 76.1 cm³/mol. The van der Waals surface area contributed by atoms with Gasteiger partial charge < -0.3 is 14.6 Å². The van der Waals surface area contributed by atoms with Crippen molar-refractivity contribution >= 4 is 5.97 Å². The summed E-state index contributed by atoms with van der Waals surface area (Å²) in [6, 6.07) is 7.88. The minimum Gasteiger partial charge on any atom is -0.507 e. The first-order chi connectivity index (χ1) is 10.0. The van der Waals surface area contributed by atoms with Crippen molar-refractivity contribution in [3.63, 3.8) is 0 Å². The first-order valence-electron chi connectivity index (χ1n) is 6.25. The molecule has 0 saturated heterocycles. The van der Waals surface area contributed by atoms with Crippen molar-refractivity contribution in [1.29, 1.82) is 0 Å². The maximum absolute atomic E-state index is 14.6. The lowest BCUT2D eigenvalue weighted by atomic mass is 9.95. The average molecular weight is 290 g/mol. The lowest BCUT2D eigenvalue weighted by Crippen LogP contribution is -2.07. The predicted octanol–water partition coefficient (Wildman–Crippen LogP) is 3.30. The van der Waals surface area contributed by atoms with Crippen molar-refractivity contribution in [3.05, 3.63) is 47.3 Å². The molecule has 0 aliphatic heterocycles. The van der Waals surface area contributed by atoms with Crippen LogP contribution in [0.4, 0.5) is 4.39 Å². The number of esters is 1. The Morgan fingerprint density at radius 2 is 1.90 bits per heavy atom. The molecule has 110 valence electrons. The monoisotopic (exact) mass is 290 g/mol. The number of carbonyl (C=O) groups is 1. The van der Waals surface area contributed by atoms with Crippen molar-refractivity contribution in [3.8, 4) is 22.6 Å². The Hall–Kier alpha value is -2.56. The summed E-state index contributed by atoms with van der Waals surface area (Å²) in [7, 11) is 2.62. The second-order valence-corrected chi connectivity index (χ2v) is 4.47. The van der Waals surface area contributed by atoms with Crippen LogP contribution in [-0.2, 0) is 4.74 Å². The molecule has 0 amide bonds. The van der Waals surface area contributed by atoms with Crippen LogP contribution in [-0.4, -0.2) is 25.3 Å². The van der Waals surface area contributed by atoms with Gasteiger partial charge in [0.05, 0.1) is 14.2 Å². The molecule has 0 bridgehead atoms. The van der Waals surface area contributed by atoms with E-state index >= 15 is 0 Å². The number of carbonyl (C=O) groups excluding carboxylic acids is 1. The van der Waals surface area contributed by atoms with Crippen molar-refractivity contribution in [1.82, 2.24) is 0 Å². The number of benzene rings is 2. The van der Waals surface area contributed by atoms with E-state index in [-0.39, 0.29) is 22.4 Å². The number of ether oxygens (including phenoxy) is 2. The molecule has 2 rings (SSSR count). The van der Waals surface area contributed by atoms with Crippen molar-refractivity contribution in [2.75, 3.05) is 14.2 Å². The van der Waals surface area contributed by atoms with Gasteiger partial charge in [-0.1, -0.05) is 18.2 Å². The van der Waals surface area contributed by atoms with Crippen molar-refractivity contribution in [2.24, 2.45) is 0 Å². The van der Waals surface area contributed by atoms with Crippen LogP contribution >= 0.6 is 0 Å². The lowest BCUT2D eigenvalue weighted by Gasteiger charge is -2.15. The molecule has 0 aliphatic carbocycles. The van der Waals surface area contributed by atoms with Crippen LogP contribution in [0.15, 0.2) is 30.3 Å². The lowest BCUT2D eigenvalue weighted by molar-refractivity contribution is 0.0598. The maximum Gasteiger partial charge on any atom is 0.342 e. The number of phenolic OH excluding ortho intramolecular Hbond substituents is 1. The summed E-state index contributed by atoms with van der Waals surface area (Å²) in [5.74, 6) is -1.35. The molecule has 0 aromatic heterocycles. The fraction of sp³-hybridized carbons (Fsp3) is 0.188. The van der Waals surface area contributed by atoms with E-state index in [9.17, 15) is 14.3 Å². The fourth-order valence-electron chi connectivity index (χ4n) is 2.19. The maximum atomic E-state index is 14.6. The SMILES string of the molecule is COC(=O)c1c(O)cc(C)c(F)c1-c1ccccc1OC. The Labute approximate surface area is 121 Å². The van der Waals surface area contributed by atoms with Gasteiger partial charge in [-0.2, -0.15) is 0 Å². The van der Waals surface area contributed by atoms with Crippen LogP contribution in [0.3, 0.4) is 0 Å². The molecule has 2 aromatic rings. The van der Waals surface area contributed by atoms with Crippen LogP contribution in [0.1, 0.15) is 15.9 Å². The van der Waals surface area contributed by atoms with Gasteiger partial charge >= 0.3 is 5.97 Å². The number of para-hydroxylation sites is 1. The standard InChI is InChI=1S/C16H15FO4/c1-9-8-11(18)14(16(19)21-3)13(15(9)17)10-6-4-5-7-12(10)20-2/h4-8,18H,1-3H3. The second-order valence-electron chi connectivity index (χ2n) is 4.47. The molecule has 2 aromatic carbocycles. The van der Waals surface area contributed by atoms with E-state index in [0.29, 0.717) is 11.3 Å². The van der Waals surface area contributed by atoms with E-state index in [1.807, 2.05) is 0 Å². The number of aryl methyl sites for hydroxylation is 1. The summed E-state index contributed by atoms with van der Waals surface area (Å²) in [6.45, 7) is 1.51. The molecule has 21 heavy (non-hydrogen) atoms. The number of methoxy groups -OCH3 is 2. The fourth-order valence-corrected chi connectivity index (χ4v) is 2.19. The van der Waals surface area contributed by atoms with Crippen molar-refractivity contribution in [2.45, 2.75) is 6.92 Å². The molecule has 0 fully saturated rings. The van der Waals surface area contributed by atoms with Crippen LogP contribution in [0.5, 0.6) is 11.5 Å². The summed E-state index contributed by atoms with van der Waals surface area (Å²) < 4.78 is 24.4. The Morgan fingerprint density at radius 1 is 1.24 bits per heavy atom. The molecule has 1 N–H and O–H groups in total. The van der Waals surface area contributed by atoms with Crippen LogP contribution in [0.2, 0.25) is 0 Å². The third-order valence-electron chi connectivity index (χ3n) is 3.19. The highest BCUT2D eigenvalue weighted by Gasteiger charge is 2.25. The third-order valence-corrected chi connectivity index (χ3v) is 3.19. The van der Waals surface area contributed by atoms with Gasteiger partial charge in [-0.05, 0) is 24.6 Å². The average Bonchev–Trinajstić information content (AvgIpc) is 2.49. The zero-order chi connectivity index (χ0) is 15.6. The highest BCUT2D eigenvalue weighted by Crippen LogP contribution is 2.39. The van der Waals surface area contributed by atoms with Gasteiger partial charge in [-0.3, -0.25) is 0 Å². The topological polar surface area (TPSA) is 55.8 Å². The smallest absolute Gasteiger partial charge is 0.342 e. The van der Waals surface area contributed by atoms with Gasteiger partial charge in [-0.25, -0.2) is 9.18 Å². The van der Waals surface area contributed by atoms with Crippen molar-refractivity contribution < 1.29 is 23.8 Å². The Morgan fingerprint density at radius 3 is 2.52 bits per heavy atom. The first kappa shape index (κ1) is 14.8. The molecule has 0 atom stereocenters. The summed E-state index contributed by atoms with van der Waals surface area (Å²) in [6.07, 6.45) is 0. The Balaban J connectivity index is 2.86. The van der Waals surface area contributed by atoms with E-state index in [0.717, 1.165) is 0 Å². The molecule has 4 nitrogen and oxygen atoms in total. The van der Waals surface area contributed by atoms with E-state index in [1.54, 1.807) is 24.3 Å². The van der Waals surface area contributed by atoms with E-state index in [1.165, 1.54) is 27.2 Å². The third kappa shape index (κ3) is 2.54. The highest BCUT2D eigenvalue weighted by atomic mass is 19.1. The zero-order valence-electron chi connectivity index (χ0n) is 11.9. The first-order valence-corrected chi connectivity index (χ1v) is 6.25. The number of halogens is 1. The molecule has 0 saturated carbocycles. The molecule has 0 spiro atoms. The second kappa shape index (κ2) is 5.83. The van der Waals surface area contributed by atoms with E-state index < -0.39 is 11.8 Å². The van der Waals surface area contributed by atoms with E-state index in [4.69, 9.17) is 4.74 Å². The number of rotatable bonds is 3. The molecule has 5 heteroatoms. The summed E-state index contributed by atoms with van der Waals surface area (Å²) in [4.78, 5) is 11.9. The normalized spacial score (nSPS) is 10.3. The van der Waals surface area contributed by atoms with Gasteiger partial charge in [0.15, 0.2) is 0 Å². The summed E-state index contributed by atoms with van der Waals surface area (Å²) in [5, 5.41) is 10.0. The van der Waals surface area contributed by atoms with Gasteiger partial charge in [-0.15, -0.1) is 0 Å². The number of hydrogen-bond donors (Lipinski definition) is 1. The Kier molecular flexibility index (Phi) is 4.12. The highest BCUT2D eigenvalue weighted by molar-refractivity contribution is 6.01. The molecular formula is C16H15FO4. The van der Waals surface area contributed by atoms with Crippen LogP contribution in [0.25, 0.3) is 11.1 Å². The van der Waals surface area contributed by atoms with Gasteiger partial charge in [0, 0.05) is 11.1 Å². The van der Waals surface area contributed by atoms with Crippen LogP contribution < -0.4 is 4.74 Å². The summed E-state index contributed by atoms with van der Waals surface area (Å²) >= 11 is 0. The minimum atomic E-state index is -0.813. The molecule has 0 unspecified atom stereocenters. The number of hydrogen-bond acceptors (Lipinski definition) is 4. The Bertz CT molecular complexity index is 695. The van der Waals surface area contributed by atoms with Gasteiger partial charge in [0.25, 0.3) is 0 Å². The van der Waals surface area contributed by atoms with Gasteiger partial charge in [0.2, 0.25) is 0 Å². The molecule has 0 aliphatic rings.